The molecular formula is C19H16ClNO4. The molecule has 3 aromatic rings. The van der Waals surface area contributed by atoms with Crippen molar-refractivity contribution in [2.45, 2.75) is 6.92 Å². The maximum absolute atomic E-state index is 12.2. The summed E-state index contributed by atoms with van der Waals surface area (Å²) in [6.45, 7) is 1.99. The van der Waals surface area contributed by atoms with Gasteiger partial charge in [-0.05, 0) is 37.3 Å². The van der Waals surface area contributed by atoms with Gasteiger partial charge in [-0.1, -0.05) is 35.9 Å². The van der Waals surface area contributed by atoms with Crippen LogP contribution < -0.4 is 4.74 Å². The van der Waals surface area contributed by atoms with Crippen LogP contribution in [0.3, 0.4) is 0 Å². The second-order valence-electron chi connectivity index (χ2n) is 5.23. The van der Waals surface area contributed by atoms with Gasteiger partial charge in [-0.15, -0.1) is 0 Å². The van der Waals surface area contributed by atoms with E-state index in [1.807, 2.05) is 30.3 Å². The van der Waals surface area contributed by atoms with Gasteiger partial charge in [0.05, 0.1) is 0 Å². The number of nitrogens with zero attached hydrogens (tertiary/aromatic N) is 1. The number of aromatic nitrogens is 1. The third-order valence-electron chi connectivity index (χ3n) is 3.39. The molecule has 128 valence electrons. The van der Waals surface area contributed by atoms with Gasteiger partial charge in [0, 0.05) is 10.6 Å². The molecule has 1 heterocycles. The number of carbonyl (C=O) groups is 1. The van der Waals surface area contributed by atoms with Gasteiger partial charge < -0.3 is 13.9 Å². The molecule has 25 heavy (non-hydrogen) atoms. The molecule has 0 amide bonds. The van der Waals surface area contributed by atoms with Gasteiger partial charge in [-0.3, -0.25) is 0 Å². The van der Waals surface area contributed by atoms with Gasteiger partial charge in [0.15, 0.2) is 5.69 Å². The van der Waals surface area contributed by atoms with Crippen LogP contribution in [0, 0.1) is 6.92 Å². The largest absolute Gasteiger partial charge is 0.490 e. The number of halogens is 1. The zero-order valence-corrected chi connectivity index (χ0v) is 14.3. The summed E-state index contributed by atoms with van der Waals surface area (Å²) in [4.78, 5) is 16.4. The third-order valence-corrected chi connectivity index (χ3v) is 3.63. The molecule has 0 saturated heterocycles. The van der Waals surface area contributed by atoms with E-state index in [4.69, 9.17) is 25.5 Å². The number of carbonyl (C=O) groups excluding carboxylic acids is 1. The number of oxazole rings is 1. The summed E-state index contributed by atoms with van der Waals surface area (Å²) in [6, 6.07) is 16.4. The van der Waals surface area contributed by atoms with Crippen LogP contribution in [0.4, 0.5) is 0 Å². The topological polar surface area (TPSA) is 61.6 Å². The molecule has 0 radical (unpaired) electrons. The van der Waals surface area contributed by atoms with Gasteiger partial charge >= 0.3 is 5.97 Å². The predicted molar refractivity (Wildman–Crippen MR) is 93.9 cm³/mol. The fourth-order valence-corrected chi connectivity index (χ4v) is 2.39. The Morgan fingerprint density at radius 1 is 1.12 bits per heavy atom. The normalized spacial score (nSPS) is 10.5. The molecule has 0 bridgehead atoms. The Morgan fingerprint density at radius 2 is 1.92 bits per heavy atom. The van der Waals surface area contributed by atoms with Crippen molar-refractivity contribution in [2.24, 2.45) is 0 Å². The molecule has 0 saturated carbocycles. The highest BCUT2D eigenvalue weighted by atomic mass is 35.5. The van der Waals surface area contributed by atoms with E-state index in [-0.39, 0.29) is 18.9 Å². The molecule has 0 aliphatic rings. The quantitative estimate of drug-likeness (QED) is 0.478. The fourth-order valence-electron chi connectivity index (χ4n) is 2.21. The molecule has 0 atom stereocenters. The van der Waals surface area contributed by atoms with Crippen molar-refractivity contribution in [2.75, 3.05) is 13.2 Å². The molecule has 5 nitrogen and oxygen atoms in total. The molecular weight excluding hydrogens is 342 g/mol. The second kappa shape index (κ2) is 7.85. The van der Waals surface area contributed by atoms with Gasteiger partial charge in [0.2, 0.25) is 5.89 Å². The smallest absolute Gasteiger partial charge is 0.360 e. The molecule has 0 spiro atoms. The van der Waals surface area contributed by atoms with Crippen molar-refractivity contribution in [3.8, 4) is 17.2 Å². The molecule has 1 aromatic heterocycles. The Morgan fingerprint density at radius 3 is 2.68 bits per heavy atom. The van der Waals surface area contributed by atoms with E-state index in [9.17, 15) is 4.79 Å². The molecule has 0 aliphatic carbocycles. The van der Waals surface area contributed by atoms with Gasteiger partial charge in [-0.2, -0.15) is 0 Å². The standard InChI is InChI=1S/C19H16ClNO4/c1-13-17(21-18(25-13)14-6-3-2-4-7-14)19(22)24-11-10-23-16-9-5-8-15(20)12-16/h2-9,12H,10-11H2,1H3. The summed E-state index contributed by atoms with van der Waals surface area (Å²) in [5.74, 6) is 0.880. The average Bonchev–Trinajstić information content (AvgIpc) is 3.01. The van der Waals surface area contributed by atoms with Crippen LogP contribution in [0.1, 0.15) is 16.2 Å². The maximum atomic E-state index is 12.2. The Hall–Kier alpha value is -2.79. The Bertz CT molecular complexity index is 861. The van der Waals surface area contributed by atoms with Crippen molar-refractivity contribution in [1.82, 2.24) is 4.98 Å². The lowest BCUT2D eigenvalue weighted by Gasteiger charge is -2.06. The van der Waals surface area contributed by atoms with Crippen LogP contribution in [0.15, 0.2) is 59.0 Å². The van der Waals surface area contributed by atoms with Crippen molar-refractivity contribution in [3.05, 3.63) is 71.1 Å². The van der Waals surface area contributed by atoms with Gasteiger partial charge in [0.25, 0.3) is 0 Å². The molecule has 3 rings (SSSR count). The number of ether oxygens (including phenoxy) is 2. The SMILES string of the molecule is Cc1oc(-c2ccccc2)nc1C(=O)OCCOc1cccc(Cl)c1. The Kier molecular flexibility index (Phi) is 5.36. The lowest BCUT2D eigenvalue weighted by Crippen LogP contribution is -2.13. The van der Waals surface area contributed by atoms with E-state index in [0.717, 1.165) is 5.56 Å². The predicted octanol–water partition coefficient (Wildman–Crippen LogP) is 4.54. The van der Waals surface area contributed by atoms with Crippen molar-refractivity contribution < 1.29 is 18.7 Å². The number of hydrogen-bond acceptors (Lipinski definition) is 5. The van der Waals surface area contributed by atoms with E-state index in [0.29, 0.717) is 22.4 Å². The Labute approximate surface area is 150 Å². The number of benzene rings is 2. The van der Waals surface area contributed by atoms with Crippen LogP contribution in [0.25, 0.3) is 11.5 Å². The third kappa shape index (κ3) is 4.39. The highest BCUT2D eigenvalue weighted by molar-refractivity contribution is 6.30. The minimum absolute atomic E-state index is 0.0956. The van der Waals surface area contributed by atoms with E-state index >= 15 is 0 Å². The zero-order chi connectivity index (χ0) is 17.6. The number of aryl methyl sites for hydroxylation is 1. The van der Waals surface area contributed by atoms with E-state index in [1.165, 1.54) is 0 Å². The summed E-state index contributed by atoms with van der Waals surface area (Å²) in [7, 11) is 0. The first-order chi connectivity index (χ1) is 12.1. The van der Waals surface area contributed by atoms with Gasteiger partial charge in [-0.25, -0.2) is 9.78 Å². The van der Waals surface area contributed by atoms with Gasteiger partial charge in [0.1, 0.15) is 24.7 Å². The summed E-state index contributed by atoms with van der Waals surface area (Å²) in [5, 5.41) is 0.584. The zero-order valence-electron chi connectivity index (χ0n) is 13.6. The average molecular weight is 358 g/mol. The van der Waals surface area contributed by atoms with E-state index in [2.05, 4.69) is 4.98 Å². The molecule has 2 aromatic carbocycles. The summed E-state index contributed by atoms with van der Waals surface area (Å²) in [6.07, 6.45) is 0. The first-order valence-electron chi connectivity index (χ1n) is 7.72. The number of hydrogen-bond donors (Lipinski definition) is 0. The number of rotatable bonds is 6. The fraction of sp³-hybridized carbons (Fsp3) is 0.158. The molecule has 0 unspecified atom stereocenters. The van der Waals surface area contributed by atoms with Crippen LogP contribution in [0.2, 0.25) is 5.02 Å². The molecule has 0 fully saturated rings. The maximum Gasteiger partial charge on any atom is 0.360 e. The minimum Gasteiger partial charge on any atom is -0.490 e. The summed E-state index contributed by atoms with van der Waals surface area (Å²) >= 11 is 5.87. The first-order valence-corrected chi connectivity index (χ1v) is 8.09. The number of esters is 1. The minimum atomic E-state index is -0.543. The molecule has 6 heteroatoms. The lowest BCUT2D eigenvalue weighted by atomic mass is 10.2. The first kappa shape index (κ1) is 17.0. The van der Waals surface area contributed by atoms with Crippen LogP contribution >= 0.6 is 11.6 Å². The Balaban J connectivity index is 1.56. The van der Waals surface area contributed by atoms with Crippen LogP contribution in [-0.2, 0) is 4.74 Å². The van der Waals surface area contributed by atoms with Crippen molar-refractivity contribution in [1.29, 1.82) is 0 Å². The monoisotopic (exact) mass is 357 g/mol. The van der Waals surface area contributed by atoms with Crippen molar-refractivity contribution in [3.63, 3.8) is 0 Å². The highest BCUT2D eigenvalue weighted by Crippen LogP contribution is 2.22. The van der Waals surface area contributed by atoms with E-state index in [1.54, 1.807) is 31.2 Å². The highest BCUT2D eigenvalue weighted by Gasteiger charge is 2.19. The van der Waals surface area contributed by atoms with E-state index < -0.39 is 5.97 Å². The van der Waals surface area contributed by atoms with Crippen LogP contribution in [-0.4, -0.2) is 24.2 Å². The molecule has 0 N–H and O–H groups in total. The van der Waals surface area contributed by atoms with Crippen molar-refractivity contribution >= 4 is 17.6 Å². The molecule has 0 aliphatic heterocycles. The summed E-state index contributed by atoms with van der Waals surface area (Å²) < 4.78 is 16.2. The lowest BCUT2D eigenvalue weighted by molar-refractivity contribution is 0.0442. The second-order valence-corrected chi connectivity index (χ2v) is 5.67. The van der Waals surface area contributed by atoms with Crippen LogP contribution in [0.5, 0.6) is 5.75 Å². The summed E-state index contributed by atoms with van der Waals surface area (Å²) in [5.41, 5.74) is 0.968.